The zero-order valence-corrected chi connectivity index (χ0v) is 21.6. The molecule has 4 aromatic rings. The van der Waals surface area contributed by atoms with Crippen LogP contribution < -0.4 is 9.47 Å². The van der Waals surface area contributed by atoms with Crippen LogP contribution in [0.1, 0.15) is 16.7 Å². The van der Waals surface area contributed by atoms with Gasteiger partial charge in [-0.2, -0.15) is 4.31 Å². The second-order valence-corrected chi connectivity index (χ2v) is 10.8. The van der Waals surface area contributed by atoms with Crippen molar-refractivity contribution in [3.05, 3.63) is 126 Å². The molecule has 0 aromatic heterocycles. The van der Waals surface area contributed by atoms with E-state index in [1.807, 2.05) is 84.9 Å². The molecule has 188 valence electrons. The van der Waals surface area contributed by atoms with Crippen LogP contribution in [0.4, 0.5) is 0 Å². The van der Waals surface area contributed by atoms with Crippen LogP contribution in [-0.4, -0.2) is 45.7 Å². The Labute approximate surface area is 217 Å². The van der Waals surface area contributed by atoms with Gasteiger partial charge in [0.15, 0.2) is 0 Å². The second kappa shape index (κ2) is 10.2. The molecule has 0 bridgehead atoms. The van der Waals surface area contributed by atoms with Gasteiger partial charge in [-0.15, -0.1) is 0 Å². The Morgan fingerprint density at radius 1 is 0.703 bits per heavy atom. The van der Waals surface area contributed by atoms with Gasteiger partial charge in [0.1, 0.15) is 17.0 Å². The largest absolute Gasteiger partial charge is 0.497 e. The minimum absolute atomic E-state index is 0.240. The lowest BCUT2D eigenvalue weighted by molar-refractivity contribution is 0.161. The Morgan fingerprint density at radius 3 is 1.62 bits per heavy atom. The molecule has 0 aliphatic carbocycles. The molecular formula is C30H28N2O4S. The second-order valence-electron chi connectivity index (χ2n) is 8.90. The number of sulfonamides is 1. The van der Waals surface area contributed by atoms with E-state index >= 15 is 0 Å². The minimum Gasteiger partial charge on any atom is -0.497 e. The first kappa shape index (κ1) is 24.7. The summed E-state index contributed by atoms with van der Waals surface area (Å²) >= 11 is 0. The fraction of sp³-hybridized carbons (Fsp3) is 0.167. The zero-order chi connectivity index (χ0) is 25.9. The van der Waals surface area contributed by atoms with Gasteiger partial charge in [-0.05, 0) is 66.2 Å². The minimum atomic E-state index is -3.63. The van der Waals surface area contributed by atoms with Crippen molar-refractivity contribution in [2.24, 2.45) is 4.99 Å². The summed E-state index contributed by atoms with van der Waals surface area (Å²) in [5.74, 6) is 1.50. The topological polar surface area (TPSA) is 68.2 Å². The molecule has 0 unspecified atom stereocenters. The van der Waals surface area contributed by atoms with E-state index in [2.05, 4.69) is 0 Å². The highest BCUT2D eigenvalue weighted by atomic mass is 32.2. The van der Waals surface area contributed by atoms with Gasteiger partial charge >= 0.3 is 0 Å². The van der Waals surface area contributed by atoms with Crippen LogP contribution in [0.2, 0.25) is 0 Å². The van der Waals surface area contributed by atoms with Gasteiger partial charge in [-0.1, -0.05) is 48.5 Å². The van der Waals surface area contributed by atoms with Crippen LogP contribution in [-0.2, 0) is 15.6 Å². The molecular weight excluding hydrogens is 484 g/mol. The van der Waals surface area contributed by atoms with Gasteiger partial charge in [0.25, 0.3) is 0 Å². The molecule has 1 heterocycles. The molecule has 0 spiro atoms. The number of ether oxygens (including phenoxy) is 2. The third-order valence-corrected chi connectivity index (χ3v) is 8.43. The molecule has 4 aromatic carbocycles. The summed E-state index contributed by atoms with van der Waals surface area (Å²) in [4.78, 5) is 5.60. The summed E-state index contributed by atoms with van der Waals surface area (Å²) in [6, 6.07) is 33.9. The molecule has 5 rings (SSSR count). The molecule has 37 heavy (non-hydrogen) atoms. The van der Waals surface area contributed by atoms with Gasteiger partial charge in [0, 0.05) is 24.2 Å². The highest BCUT2D eigenvalue weighted by molar-refractivity contribution is 7.89. The molecule has 1 aliphatic heterocycles. The molecule has 0 radical (unpaired) electrons. The van der Waals surface area contributed by atoms with Crippen LogP contribution >= 0.6 is 0 Å². The number of benzene rings is 4. The van der Waals surface area contributed by atoms with E-state index in [0.717, 1.165) is 33.9 Å². The molecule has 0 atom stereocenters. The molecule has 1 aliphatic rings. The highest BCUT2D eigenvalue weighted by Crippen LogP contribution is 2.40. The van der Waals surface area contributed by atoms with E-state index in [1.165, 1.54) is 4.31 Å². The van der Waals surface area contributed by atoms with E-state index < -0.39 is 15.6 Å². The van der Waals surface area contributed by atoms with Crippen molar-refractivity contribution in [3.63, 3.8) is 0 Å². The summed E-state index contributed by atoms with van der Waals surface area (Å²) in [6.45, 7) is 0.480. The molecule has 0 saturated carbocycles. The normalized spacial score (nSPS) is 14.9. The summed E-state index contributed by atoms with van der Waals surface area (Å²) in [6.07, 6.45) is 0. The van der Waals surface area contributed by atoms with Crippen LogP contribution in [0.3, 0.4) is 0 Å². The monoisotopic (exact) mass is 512 g/mol. The van der Waals surface area contributed by atoms with E-state index in [0.29, 0.717) is 0 Å². The number of rotatable bonds is 8. The highest BCUT2D eigenvalue weighted by Gasteiger charge is 2.50. The van der Waals surface area contributed by atoms with Crippen molar-refractivity contribution >= 4 is 15.7 Å². The standard InChI is InChI=1S/C30H28N2O4S/c1-35-26-17-13-23(14-18-26)29(24-15-19-27(36-2)20-16-24)31-30(25-9-5-3-6-10-25)21-32(22-30)37(33,34)28-11-7-4-8-12-28/h3-20H,21-22H2,1-2H3. The Balaban J connectivity index is 1.61. The maximum Gasteiger partial charge on any atom is 0.243 e. The molecule has 1 saturated heterocycles. The third-order valence-electron chi connectivity index (χ3n) is 6.62. The average Bonchev–Trinajstić information content (AvgIpc) is 2.94. The maximum absolute atomic E-state index is 13.4. The van der Waals surface area contributed by atoms with E-state index in [-0.39, 0.29) is 18.0 Å². The summed E-state index contributed by atoms with van der Waals surface area (Å²) in [7, 11) is -0.367. The molecule has 0 amide bonds. The van der Waals surface area contributed by atoms with Crippen LogP contribution in [0, 0.1) is 0 Å². The van der Waals surface area contributed by atoms with Crippen molar-refractivity contribution < 1.29 is 17.9 Å². The van der Waals surface area contributed by atoms with E-state index in [1.54, 1.807) is 38.5 Å². The molecule has 6 nitrogen and oxygen atoms in total. The Bertz CT molecular complexity index is 1430. The van der Waals surface area contributed by atoms with Crippen molar-refractivity contribution in [2.75, 3.05) is 27.3 Å². The van der Waals surface area contributed by atoms with Crippen molar-refractivity contribution in [3.8, 4) is 11.5 Å². The summed E-state index contributed by atoms with van der Waals surface area (Å²) in [5, 5.41) is 0. The lowest BCUT2D eigenvalue weighted by atomic mass is 9.84. The number of methoxy groups -OCH3 is 2. The first-order valence-electron chi connectivity index (χ1n) is 11.9. The Morgan fingerprint density at radius 2 is 1.16 bits per heavy atom. The first-order valence-corrected chi connectivity index (χ1v) is 13.4. The first-order chi connectivity index (χ1) is 17.9. The van der Waals surface area contributed by atoms with Gasteiger partial charge in [-0.25, -0.2) is 8.42 Å². The van der Waals surface area contributed by atoms with Crippen molar-refractivity contribution in [1.82, 2.24) is 4.31 Å². The van der Waals surface area contributed by atoms with Crippen molar-refractivity contribution in [2.45, 2.75) is 10.4 Å². The van der Waals surface area contributed by atoms with Gasteiger partial charge in [0.05, 0.1) is 24.8 Å². The predicted octanol–water partition coefficient (Wildman–Crippen LogP) is 5.14. The molecule has 7 heteroatoms. The Hall–Kier alpha value is -3.94. The molecule has 0 N–H and O–H groups in total. The number of hydrogen-bond acceptors (Lipinski definition) is 5. The average molecular weight is 513 g/mol. The van der Waals surface area contributed by atoms with Crippen LogP contribution in [0.5, 0.6) is 11.5 Å². The van der Waals surface area contributed by atoms with Crippen molar-refractivity contribution in [1.29, 1.82) is 0 Å². The lowest BCUT2D eigenvalue weighted by Crippen LogP contribution is -2.60. The zero-order valence-electron chi connectivity index (χ0n) is 20.7. The van der Waals surface area contributed by atoms with Gasteiger partial charge in [0.2, 0.25) is 10.0 Å². The number of hydrogen-bond donors (Lipinski definition) is 0. The fourth-order valence-electron chi connectivity index (χ4n) is 4.52. The van der Waals surface area contributed by atoms with Crippen LogP contribution in [0.15, 0.2) is 119 Å². The predicted molar refractivity (Wildman–Crippen MR) is 145 cm³/mol. The third kappa shape index (κ3) is 4.88. The lowest BCUT2D eigenvalue weighted by Gasteiger charge is -2.47. The quantitative estimate of drug-likeness (QED) is 0.307. The fourth-order valence-corrected chi connectivity index (χ4v) is 6.09. The van der Waals surface area contributed by atoms with E-state index in [9.17, 15) is 8.42 Å². The van der Waals surface area contributed by atoms with Crippen LogP contribution in [0.25, 0.3) is 0 Å². The van der Waals surface area contributed by atoms with Gasteiger partial charge < -0.3 is 9.47 Å². The SMILES string of the molecule is COc1ccc(C(=NC2(c3ccccc3)CN(S(=O)(=O)c3ccccc3)C2)c2ccc(OC)cc2)cc1. The molecule has 1 fully saturated rings. The van der Waals surface area contributed by atoms with Gasteiger partial charge in [-0.3, -0.25) is 4.99 Å². The number of aliphatic imine (C=N–C) groups is 1. The summed E-state index contributed by atoms with van der Waals surface area (Å²) in [5.41, 5.74) is 2.81. The number of nitrogens with zero attached hydrogens (tertiary/aromatic N) is 2. The Kier molecular flexibility index (Phi) is 6.82. The summed E-state index contributed by atoms with van der Waals surface area (Å²) < 4.78 is 38.9. The van der Waals surface area contributed by atoms with E-state index in [4.69, 9.17) is 14.5 Å². The smallest absolute Gasteiger partial charge is 0.243 e. The maximum atomic E-state index is 13.4.